The average molecular weight is 658 g/mol. The molecular weight excluding hydrogens is 627 g/mol. The van der Waals surface area contributed by atoms with Crippen molar-refractivity contribution in [1.82, 2.24) is 4.57 Å². The molecule has 0 saturated carbocycles. The average Bonchev–Trinajstić information content (AvgIpc) is 3.72. The largest absolute Gasteiger partial charge is 0.383 e. The standard InChI is InChI=1S/C46H31N3S/c47-46(48-38-18-7-4-13-31(38)27-29-11-2-1-3-12-29)32-14-10-15-33(28-32)49-39-19-8-5-16-36(39)44-35-23-21-30-22-26-42-45(37-17-6-9-20-41(37)50-42)43(30)34(35)24-25-40(44)49/h1-26,28H,27H2,(H2,47,48). The van der Waals surface area contributed by atoms with Crippen molar-refractivity contribution in [2.75, 3.05) is 0 Å². The lowest BCUT2D eigenvalue weighted by Gasteiger charge is -2.12. The van der Waals surface area contributed by atoms with Crippen LogP contribution in [0.2, 0.25) is 0 Å². The van der Waals surface area contributed by atoms with E-state index in [1.807, 2.05) is 35.6 Å². The van der Waals surface area contributed by atoms with Gasteiger partial charge in [-0.25, -0.2) is 4.99 Å². The lowest BCUT2D eigenvalue weighted by Crippen LogP contribution is -2.13. The maximum atomic E-state index is 6.78. The summed E-state index contributed by atoms with van der Waals surface area (Å²) in [4.78, 5) is 4.97. The zero-order chi connectivity index (χ0) is 33.2. The van der Waals surface area contributed by atoms with Crippen molar-refractivity contribution in [3.05, 3.63) is 180 Å². The van der Waals surface area contributed by atoms with E-state index in [1.165, 1.54) is 63.6 Å². The van der Waals surface area contributed by atoms with Gasteiger partial charge in [0.15, 0.2) is 0 Å². The molecule has 0 radical (unpaired) electrons. The summed E-state index contributed by atoms with van der Waals surface area (Å²) in [6.45, 7) is 0. The molecule has 236 valence electrons. The summed E-state index contributed by atoms with van der Waals surface area (Å²) in [5.41, 5.74) is 14.3. The van der Waals surface area contributed by atoms with Gasteiger partial charge in [0.2, 0.25) is 0 Å². The van der Waals surface area contributed by atoms with Crippen molar-refractivity contribution < 1.29 is 0 Å². The fourth-order valence-corrected chi connectivity index (χ4v) is 8.89. The molecule has 2 heterocycles. The molecule has 0 saturated heterocycles. The van der Waals surface area contributed by atoms with Crippen LogP contribution in [0.3, 0.4) is 0 Å². The summed E-state index contributed by atoms with van der Waals surface area (Å²) in [6, 6.07) is 58.5. The van der Waals surface area contributed by atoms with Gasteiger partial charge in [-0.3, -0.25) is 0 Å². The smallest absolute Gasteiger partial charge is 0.131 e. The number of para-hydroxylation sites is 2. The molecule has 2 aromatic heterocycles. The molecule has 10 rings (SSSR count). The molecule has 4 heteroatoms. The fourth-order valence-electron chi connectivity index (χ4n) is 7.78. The van der Waals surface area contributed by atoms with E-state index in [0.717, 1.165) is 34.4 Å². The van der Waals surface area contributed by atoms with Gasteiger partial charge in [0.05, 0.1) is 16.7 Å². The molecule has 0 fully saturated rings. The van der Waals surface area contributed by atoms with Gasteiger partial charge in [0, 0.05) is 42.2 Å². The second-order valence-electron chi connectivity index (χ2n) is 12.9. The minimum Gasteiger partial charge on any atom is -0.383 e. The second kappa shape index (κ2) is 11.4. The van der Waals surface area contributed by atoms with Gasteiger partial charge < -0.3 is 10.3 Å². The SMILES string of the molecule is NC(=Nc1ccccc1Cc1ccccc1)c1cccc(-n2c3ccccc3c3c4ccc5ccc6sc7ccccc7c6c5c4ccc32)c1. The van der Waals surface area contributed by atoms with Crippen molar-refractivity contribution in [3.8, 4) is 5.69 Å². The van der Waals surface area contributed by atoms with Crippen molar-refractivity contribution in [2.45, 2.75) is 6.42 Å². The van der Waals surface area contributed by atoms with Gasteiger partial charge >= 0.3 is 0 Å². The molecule has 0 aliphatic heterocycles. The van der Waals surface area contributed by atoms with Crippen LogP contribution in [0.5, 0.6) is 0 Å². The van der Waals surface area contributed by atoms with Crippen LogP contribution < -0.4 is 5.73 Å². The monoisotopic (exact) mass is 657 g/mol. The Morgan fingerprint density at radius 1 is 0.540 bits per heavy atom. The minimum atomic E-state index is 0.497. The lowest BCUT2D eigenvalue weighted by molar-refractivity contribution is 1.17. The highest BCUT2D eigenvalue weighted by atomic mass is 32.1. The van der Waals surface area contributed by atoms with E-state index in [1.54, 1.807) is 0 Å². The maximum absolute atomic E-state index is 6.78. The number of nitrogens with two attached hydrogens (primary N) is 1. The highest BCUT2D eigenvalue weighted by molar-refractivity contribution is 7.26. The number of hydrogen-bond donors (Lipinski definition) is 1. The number of nitrogens with zero attached hydrogens (tertiary/aromatic N) is 2. The molecule has 10 aromatic rings. The van der Waals surface area contributed by atoms with Crippen LogP contribution in [-0.2, 0) is 6.42 Å². The quantitative estimate of drug-likeness (QED) is 0.112. The molecule has 0 amide bonds. The van der Waals surface area contributed by atoms with Crippen molar-refractivity contribution in [1.29, 1.82) is 0 Å². The van der Waals surface area contributed by atoms with Crippen molar-refractivity contribution >= 4 is 86.4 Å². The summed E-state index contributed by atoms with van der Waals surface area (Å²) in [5, 5.41) is 10.3. The van der Waals surface area contributed by atoms with Gasteiger partial charge in [-0.2, -0.15) is 0 Å². The molecule has 8 aromatic carbocycles. The molecule has 50 heavy (non-hydrogen) atoms. The van der Waals surface area contributed by atoms with Crippen LogP contribution in [0.25, 0.3) is 69.2 Å². The van der Waals surface area contributed by atoms with Crippen LogP contribution in [0.1, 0.15) is 16.7 Å². The first kappa shape index (κ1) is 28.8. The number of aliphatic imine (C=N–C) groups is 1. The number of hydrogen-bond acceptors (Lipinski definition) is 2. The first-order valence-electron chi connectivity index (χ1n) is 17.0. The number of aromatic nitrogens is 1. The van der Waals surface area contributed by atoms with E-state index in [4.69, 9.17) is 10.7 Å². The molecule has 0 unspecified atom stereocenters. The van der Waals surface area contributed by atoms with Gasteiger partial charge in [0.25, 0.3) is 0 Å². The Bertz CT molecular complexity index is 2970. The number of thiophene rings is 1. The predicted molar refractivity (Wildman–Crippen MR) is 215 cm³/mol. The number of amidine groups is 1. The van der Waals surface area contributed by atoms with E-state index in [0.29, 0.717) is 5.84 Å². The van der Waals surface area contributed by atoms with Gasteiger partial charge in [0.1, 0.15) is 5.84 Å². The Labute approximate surface area is 293 Å². The van der Waals surface area contributed by atoms with Crippen molar-refractivity contribution in [2.24, 2.45) is 10.7 Å². The van der Waals surface area contributed by atoms with E-state index in [2.05, 4.69) is 144 Å². The van der Waals surface area contributed by atoms with E-state index >= 15 is 0 Å². The first-order chi connectivity index (χ1) is 24.7. The molecule has 3 nitrogen and oxygen atoms in total. The van der Waals surface area contributed by atoms with Gasteiger partial charge in [-0.1, -0.05) is 121 Å². The van der Waals surface area contributed by atoms with Gasteiger partial charge in [-0.05, 0) is 81.6 Å². The Morgan fingerprint density at radius 2 is 1.28 bits per heavy atom. The summed E-state index contributed by atoms with van der Waals surface area (Å²) in [6.07, 6.45) is 0.798. The third-order valence-corrected chi connectivity index (χ3v) is 11.2. The predicted octanol–water partition coefficient (Wildman–Crippen LogP) is 12.1. The summed E-state index contributed by atoms with van der Waals surface area (Å²) in [7, 11) is 0. The molecule has 0 aliphatic carbocycles. The van der Waals surface area contributed by atoms with Crippen LogP contribution in [0, 0.1) is 0 Å². The first-order valence-corrected chi connectivity index (χ1v) is 17.8. The van der Waals surface area contributed by atoms with E-state index in [9.17, 15) is 0 Å². The minimum absolute atomic E-state index is 0.497. The molecule has 2 N–H and O–H groups in total. The molecular formula is C46H31N3S. The summed E-state index contributed by atoms with van der Waals surface area (Å²) >= 11 is 1.87. The summed E-state index contributed by atoms with van der Waals surface area (Å²) in [5.74, 6) is 0.497. The summed E-state index contributed by atoms with van der Waals surface area (Å²) < 4.78 is 5.02. The van der Waals surface area contributed by atoms with E-state index in [-0.39, 0.29) is 0 Å². The van der Waals surface area contributed by atoms with Crippen LogP contribution >= 0.6 is 11.3 Å². The Kier molecular flexibility index (Phi) is 6.58. The third kappa shape index (κ3) is 4.53. The molecule has 0 atom stereocenters. The number of benzene rings is 8. The van der Waals surface area contributed by atoms with Gasteiger partial charge in [-0.15, -0.1) is 11.3 Å². The topological polar surface area (TPSA) is 43.3 Å². The Morgan fingerprint density at radius 3 is 2.20 bits per heavy atom. The van der Waals surface area contributed by atoms with Crippen LogP contribution in [0.15, 0.2) is 169 Å². The fraction of sp³-hybridized carbons (Fsp3) is 0.0217. The highest BCUT2D eigenvalue weighted by Crippen LogP contribution is 2.44. The molecule has 0 bridgehead atoms. The molecule has 0 aliphatic rings. The highest BCUT2D eigenvalue weighted by Gasteiger charge is 2.18. The second-order valence-corrected chi connectivity index (χ2v) is 14.0. The third-order valence-electron chi connectivity index (χ3n) is 10.0. The zero-order valence-electron chi connectivity index (χ0n) is 27.2. The maximum Gasteiger partial charge on any atom is 0.131 e. The molecule has 0 spiro atoms. The normalized spacial score (nSPS) is 12.3. The Balaban J connectivity index is 1.15. The number of fused-ring (bicyclic) bond motifs is 11. The lowest BCUT2D eigenvalue weighted by atomic mass is 9.95. The van der Waals surface area contributed by atoms with Crippen LogP contribution in [0.4, 0.5) is 5.69 Å². The van der Waals surface area contributed by atoms with Crippen LogP contribution in [-0.4, -0.2) is 10.4 Å². The van der Waals surface area contributed by atoms with Crippen molar-refractivity contribution in [3.63, 3.8) is 0 Å². The zero-order valence-corrected chi connectivity index (χ0v) is 28.0. The van der Waals surface area contributed by atoms with E-state index < -0.39 is 0 Å². The number of rotatable bonds is 5. The Hall–Kier alpha value is -6.23.